The molecule has 0 saturated carbocycles. The fraction of sp³-hybridized carbons (Fsp3) is 0.237. The van der Waals surface area contributed by atoms with Gasteiger partial charge in [0.2, 0.25) is 41.9 Å². The van der Waals surface area contributed by atoms with Crippen molar-refractivity contribution in [1.82, 2.24) is 28.6 Å². The lowest BCUT2D eigenvalue weighted by Gasteiger charge is -2.32. The van der Waals surface area contributed by atoms with Crippen LogP contribution in [0.15, 0.2) is 182 Å². The third kappa shape index (κ3) is 23.0. The Kier molecular flexibility index (Phi) is 27.6. The Hall–Kier alpha value is -13.2. The summed E-state index contributed by atoms with van der Waals surface area (Å²) in [6.07, 6.45) is -10.3. The van der Waals surface area contributed by atoms with E-state index >= 15 is 0 Å². The molecular formula is C80H80F9N13O16S3. The molecule has 2 amide bonds. The van der Waals surface area contributed by atoms with Crippen molar-refractivity contribution in [3.8, 4) is 40.4 Å². The number of sulfonamides is 3. The second-order valence-electron chi connectivity index (χ2n) is 27.2. The molecule has 121 heavy (non-hydrogen) atoms. The molecule has 0 radical (unpaired) electrons. The van der Waals surface area contributed by atoms with E-state index in [4.69, 9.17) is 34.2 Å². The Morgan fingerprint density at radius 3 is 1.19 bits per heavy atom. The number of methoxy groups -OCH3 is 3. The minimum atomic E-state index is -4.84. The number of nitrogens with two attached hydrogens (primary N) is 1. The average molecular weight is 1750 g/mol. The molecule has 12 aromatic rings. The van der Waals surface area contributed by atoms with Gasteiger partial charge in [0.25, 0.3) is 11.8 Å². The number of carbonyl (C=O) groups is 3. The van der Waals surface area contributed by atoms with Crippen LogP contribution in [0, 0.1) is 0 Å². The smallest absolute Gasteiger partial charge is 0.416 e. The first-order valence-corrected chi connectivity index (χ1v) is 41.4. The summed E-state index contributed by atoms with van der Waals surface area (Å²) < 4.78 is 233. The molecule has 0 unspecified atom stereocenters. The van der Waals surface area contributed by atoms with Crippen molar-refractivity contribution in [1.29, 1.82) is 0 Å². The van der Waals surface area contributed by atoms with Crippen molar-refractivity contribution < 1.29 is 113 Å². The van der Waals surface area contributed by atoms with Gasteiger partial charge >= 0.3 is 24.5 Å². The fourth-order valence-electron chi connectivity index (χ4n) is 12.7. The average Bonchev–Trinajstić information content (AvgIpc) is 1.65. The minimum Gasteiger partial charge on any atom is -0.492 e. The molecule has 642 valence electrons. The van der Waals surface area contributed by atoms with E-state index in [1.807, 2.05) is 93.0 Å². The number of fused-ring (bicyclic) bond motifs is 3. The van der Waals surface area contributed by atoms with E-state index < -0.39 is 94.4 Å². The molecule has 1 aliphatic heterocycles. The van der Waals surface area contributed by atoms with Crippen LogP contribution in [0.1, 0.15) is 59.3 Å². The lowest BCUT2D eigenvalue weighted by molar-refractivity contribution is -0.138. The zero-order valence-electron chi connectivity index (χ0n) is 66.0. The molecule has 8 N–H and O–H groups in total. The van der Waals surface area contributed by atoms with Crippen molar-refractivity contribution in [2.75, 3.05) is 109 Å². The van der Waals surface area contributed by atoms with Crippen molar-refractivity contribution in [2.24, 2.45) is 21.1 Å². The molecule has 0 atom stereocenters. The largest absolute Gasteiger partial charge is 0.492 e. The van der Waals surface area contributed by atoms with Gasteiger partial charge in [-0.1, -0.05) is 97.1 Å². The zero-order valence-corrected chi connectivity index (χ0v) is 68.4. The summed E-state index contributed by atoms with van der Waals surface area (Å²) in [7, 11) is -1.17. The topological polar surface area (TPSA) is 362 Å². The Labute approximate surface area is 687 Å². The lowest BCUT2D eigenvalue weighted by Crippen LogP contribution is -2.45. The Bertz CT molecular complexity index is 6190. The number of anilines is 7. The number of aromatic nitrogens is 5. The van der Waals surface area contributed by atoms with Gasteiger partial charge in [0.1, 0.15) is 41.8 Å². The number of alkyl halides is 9. The number of carbonyl (C=O) groups excluding carboxylic acids is 2. The quantitative estimate of drug-likeness (QED) is 0.0231. The van der Waals surface area contributed by atoms with E-state index in [9.17, 15) is 84.3 Å². The van der Waals surface area contributed by atoms with Gasteiger partial charge in [-0.3, -0.25) is 23.8 Å². The van der Waals surface area contributed by atoms with E-state index in [1.54, 1.807) is 102 Å². The van der Waals surface area contributed by atoms with Crippen molar-refractivity contribution in [2.45, 2.75) is 31.7 Å². The van der Waals surface area contributed by atoms with Gasteiger partial charge in [0.05, 0.1) is 107 Å². The van der Waals surface area contributed by atoms with Gasteiger partial charge in [-0.2, -0.15) is 44.5 Å². The standard InChI is InChI=1S/C28H30F3N7O5S.C26H24F3N3O5S.C17H15NO3.C9H11F3N2O3S/c1-36-10-12-38(13-11-36)27-32-9-8-23(34-27)43-22-7-5-6-17-14-21(37(2)24(17)22)26(39)33-19-15-18(28(29,30)31)16-20(25(19)42-3)35-44(4,40)41;1-32-21(12-17-10-7-11-22(23(17)32)37-15-16-8-5-4-6-9-16)25(33)30-19-13-18(26(27,28)29)14-20(24(19)36-2)31-38(3,34)35;1-18-14(17(19)20)10-13-8-5-9-15(16(13)18)21-11-12-6-3-2-4-7-12;1-17-8-6(13)3-5(9(10,11)12)4-7(8)14-18(2,15)16/h5-9,14-16,35H,10-13H2,1-4H3,(H,33,39);4-14,31H,15H2,1-3H3,(H,30,33);2-10H,11H2,1H3,(H,19,20);3-4,14H,13H2,1-2H3. The highest BCUT2D eigenvalue weighted by Gasteiger charge is 2.37. The first kappa shape index (κ1) is 90.2. The minimum absolute atomic E-state index is 0.0916. The second-order valence-corrected chi connectivity index (χ2v) is 32.4. The number of aryl methyl sites for hydroxylation is 3. The first-order chi connectivity index (χ1) is 56.8. The van der Waals surface area contributed by atoms with Crippen LogP contribution in [0.25, 0.3) is 32.7 Å². The highest BCUT2D eigenvalue weighted by Crippen LogP contribution is 2.45. The summed E-state index contributed by atoms with van der Waals surface area (Å²) in [5.41, 5.74) is 4.07. The Morgan fingerprint density at radius 1 is 0.455 bits per heavy atom. The zero-order chi connectivity index (χ0) is 88.4. The van der Waals surface area contributed by atoms with E-state index in [-0.39, 0.29) is 57.1 Å². The van der Waals surface area contributed by atoms with E-state index in [0.717, 1.165) is 81.2 Å². The molecule has 29 nitrogen and oxygen atoms in total. The second kappa shape index (κ2) is 37.0. The summed E-state index contributed by atoms with van der Waals surface area (Å²) in [5, 5.41) is 16.2. The fourth-order valence-corrected chi connectivity index (χ4v) is 14.3. The number of halogens is 9. The summed E-state index contributed by atoms with van der Waals surface area (Å²) in [5.74, 6) is -0.739. The highest BCUT2D eigenvalue weighted by atomic mass is 32.2. The van der Waals surface area contributed by atoms with E-state index in [0.29, 0.717) is 100 Å². The van der Waals surface area contributed by atoms with Crippen LogP contribution in [0.4, 0.5) is 79.6 Å². The number of carboxylic acids is 1. The van der Waals surface area contributed by atoms with Gasteiger partial charge in [0, 0.05) is 75.7 Å². The third-order valence-corrected chi connectivity index (χ3v) is 19.9. The number of hydrogen-bond donors (Lipinski definition) is 7. The predicted octanol–water partition coefficient (Wildman–Crippen LogP) is 14.7. The molecule has 8 aromatic carbocycles. The first-order valence-electron chi connectivity index (χ1n) is 35.8. The Morgan fingerprint density at radius 2 is 0.810 bits per heavy atom. The van der Waals surface area contributed by atoms with Crippen LogP contribution in [-0.2, 0) is 83.0 Å². The van der Waals surface area contributed by atoms with Crippen LogP contribution in [-0.4, -0.2) is 150 Å². The van der Waals surface area contributed by atoms with Gasteiger partial charge in [-0.05, 0) is 91.0 Å². The number of amides is 2. The number of aromatic carboxylic acids is 1. The van der Waals surface area contributed by atoms with E-state index in [2.05, 4.69) is 37.4 Å². The van der Waals surface area contributed by atoms with Crippen molar-refractivity contribution >= 4 is 121 Å². The molecule has 1 aliphatic rings. The number of likely N-dealkylation sites (N-methyl/N-ethyl adjacent to an activating group) is 1. The summed E-state index contributed by atoms with van der Waals surface area (Å²) >= 11 is 0. The number of nitrogens with one attached hydrogen (secondary N) is 5. The number of ether oxygens (including phenoxy) is 6. The van der Waals surface area contributed by atoms with Crippen LogP contribution in [0.3, 0.4) is 0 Å². The number of piperazine rings is 1. The number of para-hydroxylation sites is 3. The van der Waals surface area contributed by atoms with Crippen molar-refractivity contribution in [3.05, 3.63) is 227 Å². The number of carboxylic acid groups (broad SMARTS) is 1. The molecule has 1 saturated heterocycles. The van der Waals surface area contributed by atoms with E-state index in [1.165, 1.54) is 7.11 Å². The number of benzene rings is 8. The van der Waals surface area contributed by atoms with Crippen LogP contribution >= 0.6 is 0 Å². The molecule has 4 aromatic heterocycles. The molecule has 0 bridgehead atoms. The number of rotatable bonds is 23. The summed E-state index contributed by atoms with van der Waals surface area (Å²) in [6, 6.07) is 45.8. The summed E-state index contributed by atoms with van der Waals surface area (Å²) in [6.45, 7) is 4.05. The number of nitrogen functional groups attached to an aromatic ring is 1. The molecule has 5 heterocycles. The SMILES string of the molecule is COc1c(N)cc(C(F)(F)F)cc1NS(C)(=O)=O.COc1c(NC(=O)c2cc3cccc(OCc4ccccc4)c3n2C)cc(C(F)(F)F)cc1NS(C)(=O)=O.COc1c(NC(=O)c2cc3cccc(Oc4ccnc(N5CCN(C)CC5)n4)c3n2C)cc(C(F)(F)F)cc1NS(C)(=O)=O.Cn1c(C(=O)O)cc2cccc(OCc3ccccc3)c21. The predicted molar refractivity (Wildman–Crippen MR) is 439 cm³/mol. The number of hydrogen-bond acceptors (Lipinski definition) is 20. The van der Waals surface area contributed by atoms with Crippen LogP contribution in [0.5, 0.6) is 40.4 Å². The van der Waals surface area contributed by atoms with Gasteiger partial charge in [0.15, 0.2) is 23.0 Å². The van der Waals surface area contributed by atoms with Crippen LogP contribution in [0.2, 0.25) is 0 Å². The summed E-state index contributed by atoms with van der Waals surface area (Å²) in [4.78, 5) is 51.2. The maximum atomic E-state index is 13.7. The van der Waals surface area contributed by atoms with Crippen molar-refractivity contribution in [3.63, 3.8) is 0 Å². The monoisotopic (exact) mass is 1750 g/mol. The number of nitrogens with zero attached hydrogens (tertiary/aromatic N) is 7. The molecule has 1 fully saturated rings. The third-order valence-electron chi connectivity index (χ3n) is 18.1. The Balaban J connectivity index is 0.000000180. The lowest BCUT2D eigenvalue weighted by atomic mass is 10.1. The molecule has 13 rings (SSSR count). The molecule has 0 spiro atoms. The highest BCUT2D eigenvalue weighted by molar-refractivity contribution is 7.92. The maximum absolute atomic E-state index is 13.7. The van der Waals surface area contributed by atoms with Gasteiger partial charge in [-0.15, -0.1) is 0 Å². The van der Waals surface area contributed by atoms with Gasteiger partial charge in [-0.25, -0.2) is 35.0 Å². The van der Waals surface area contributed by atoms with Crippen LogP contribution < -0.4 is 63.9 Å². The molecule has 0 aliphatic carbocycles. The molecular weight excluding hydrogens is 1670 g/mol. The maximum Gasteiger partial charge on any atom is 0.416 e. The molecule has 41 heteroatoms. The van der Waals surface area contributed by atoms with Gasteiger partial charge < -0.3 is 73.4 Å². The normalized spacial score (nSPS) is 12.7.